The van der Waals surface area contributed by atoms with Crippen LogP contribution < -0.4 is 0 Å². The van der Waals surface area contributed by atoms with Gasteiger partial charge in [0, 0.05) is 5.57 Å². The van der Waals surface area contributed by atoms with Crippen molar-refractivity contribution in [2.24, 2.45) is 0 Å². The average molecular weight is 329 g/mol. The number of hydrogen-bond donors (Lipinski definition) is 0. The maximum atomic E-state index is 9.81. The van der Waals surface area contributed by atoms with E-state index >= 15 is 0 Å². The molecule has 0 atom stereocenters. The van der Waals surface area contributed by atoms with Crippen molar-refractivity contribution in [2.75, 3.05) is 0 Å². The van der Waals surface area contributed by atoms with Gasteiger partial charge in [-0.25, -0.2) is 0 Å². The second kappa shape index (κ2) is 7.25. The van der Waals surface area contributed by atoms with E-state index in [-0.39, 0.29) is 11.3 Å². The van der Waals surface area contributed by atoms with Gasteiger partial charge in [-0.2, -0.15) is 15.8 Å². The zero-order valence-electron chi connectivity index (χ0n) is 14.1. The smallest absolute Gasteiger partial charge is 0.172 e. The number of allylic oxidation sites excluding steroid dienone is 2. The molecule has 1 aromatic carbocycles. The highest BCUT2D eigenvalue weighted by molar-refractivity contribution is 5.84. The molecule has 0 amide bonds. The second-order valence-electron chi connectivity index (χ2n) is 6.52. The minimum Gasteiger partial charge on any atom is -0.479 e. The second-order valence-corrected chi connectivity index (χ2v) is 6.52. The summed E-state index contributed by atoms with van der Waals surface area (Å²) in [5, 5.41) is 28.4. The molecule has 1 spiro atoms. The summed E-state index contributed by atoms with van der Waals surface area (Å²) in [6.07, 6.45) is 7.12. The number of nitriles is 3. The fraction of sp³-hybridized carbons (Fsp3) is 0.381. The Morgan fingerprint density at radius 2 is 1.48 bits per heavy atom. The van der Waals surface area contributed by atoms with Crippen molar-refractivity contribution in [2.45, 2.75) is 50.5 Å². The molecule has 0 radical (unpaired) electrons. The average Bonchev–Trinajstić information content (AvgIpc) is 2.95. The summed E-state index contributed by atoms with van der Waals surface area (Å²) >= 11 is 0. The van der Waals surface area contributed by atoms with E-state index in [1.807, 2.05) is 42.5 Å². The Kier molecular flexibility index (Phi) is 4.87. The Bertz CT molecular complexity index is 820. The van der Waals surface area contributed by atoms with Crippen LogP contribution in [0.5, 0.6) is 0 Å². The summed E-state index contributed by atoms with van der Waals surface area (Å²) in [7, 11) is 0. The van der Waals surface area contributed by atoms with Crippen LogP contribution in [-0.2, 0) is 4.74 Å². The Morgan fingerprint density at radius 3 is 2.04 bits per heavy atom. The van der Waals surface area contributed by atoms with Gasteiger partial charge in [-0.3, -0.25) is 0 Å². The third-order valence-corrected chi connectivity index (χ3v) is 5.02. The van der Waals surface area contributed by atoms with Crippen molar-refractivity contribution in [3.63, 3.8) is 0 Å². The van der Waals surface area contributed by atoms with Gasteiger partial charge in [0.25, 0.3) is 0 Å². The fourth-order valence-electron chi connectivity index (χ4n) is 3.89. The standard InChI is InChI=1S/C21H19N3O/c22-13-17(14-23)20-18(15-24)19(16-9-5-4-6-10-16)21(25-20)11-7-2-1-3-8-12-21/h4-6,9-10H,1-3,7-8,11-12H2. The molecular formula is C21H19N3O. The van der Waals surface area contributed by atoms with Crippen molar-refractivity contribution in [1.82, 2.24) is 0 Å². The molecule has 25 heavy (non-hydrogen) atoms. The number of rotatable bonds is 1. The molecule has 4 heteroatoms. The van der Waals surface area contributed by atoms with Gasteiger partial charge in [-0.1, -0.05) is 49.6 Å². The van der Waals surface area contributed by atoms with E-state index in [1.165, 1.54) is 6.42 Å². The largest absolute Gasteiger partial charge is 0.479 e. The minimum atomic E-state index is -0.610. The molecule has 1 aliphatic heterocycles. The van der Waals surface area contributed by atoms with Crippen LogP contribution in [0.4, 0.5) is 0 Å². The molecule has 1 aliphatic carbocycles. The Morgan fingerprint density at radius 1 is 0.880 bits per heavy atom. The Hall–Kier alpha value is -3.03. The maximum absolute atomic E-state index is 9.81. The summed E-state index contributed by atoms with van der Waals surface area (Å²) in [4.78, 5) is 0. The van der Waals surface area contributed by atoms with Crippen molar-refractivity contribution >= 4 is 5.57 Å². The van der Waals surface area contributed by atoms with Crippen LogP contribution in [0, 0.1) is 34.0 Å². The number of hydrogen-bond acceptors (Lipinski definition) is 4. The van der Waals surface area contributed by atoms with Gasteiger partial charge in [-0.05, 0) is 31.2 Å². The summed E-state index contributed by atoms with van der Waals surface area (Å²) < 4.78 is 6.28. The van der Waals surface area contributed by atoms with Crippen molar-refractivity contribution in [3.05, 3.63) is 52.8 Å². The SMILES string of the molecule is N#CC(C#N)=C1OC2(CCCCCCC2)C(c2ccccc2)=C1C#N. The maximum Gasteiger partial charge on any atom is 0.172 e. The lowest BCUT2D eigenvalue weighted by atomic mass is 9.78. The van der Waals surface area contributed by atoms with Gasteiger partial charge in [0.1, 0.15) is 29.4 Å². The number of ether oxygens (including phenoxy) is 1. The van der Waals surface area contributed by atoms with E-state index in [9.17, 15) is 15.8 Å². The van der Waals surface area contributed by atoms with E-state index in [0.717, 1.165) is 49.7 Å². The molecule has 0 saturated heterocycles. The molecule has 1 aromatic rings. The first-order valence-corrected chi connectivity index (χ1v) is 8.70. The molecule has 124 valence electrons. The van der Waals surface area contributed by atoms with Gasteiger partial charge in [-0.15, -0.1) is 0 Å². The molecule has 1 fully saturated rings. The lowest BCUT2D eigenvalue weighted by Crippen LogP contribution is -2.31. The van der Waals surface area contributed by atoms with Crippen LogP contribution in [-0.4, -0.2) is 5.60 Å². The predicted molar refractivity (Wildman–Crippen MR) is 93.4 cm³/mol. The minimum absolute atomic E-state index is 0.121. The highest BCUT2D eigenvalue weighted by atomic mass is 16.5. The third-order valence-electron chi connectivity index (χ3n) is 5.02. The highest BCUT2D eigenvalue weighted by Crippen LogP contribution is 2.51. The van der Waals surface area contributed by atoms with Crippen LogP contribution >= 0.6 is 0 Å². The Balaban J connectivity index is 2.24. The molecule has 1 heterocycles. The first kappa shape index (κ1) is 16.8. The molecule has 0 N–H and O–H groups in total. The van der Waals surface area contributed by atoms with Gasteiger partial charge >= 0.3 is 0 Å². The van der Waals surface area contributed by atoms with Crippen LogP contribution in [0.15, 0.2) is 47.2 Å². The zero-order chi connectivity index (χ0) is 17.7. The van der Waals surface area contributed by atoms with Gasteiger partial charge in [0.2, 0.25) is 0 Å². The monoisotopic (exact) mass is 329 g/mol. The molecule has 4 nitrogen and oxygen atoms in total. The molecular weight excluding hydrogens is 310 g/mol. The van der Waals surface area contributed by atoms with E-state index in [0.29, 0.717) is 5.57 Å². The van der Waals surface area contributed by atoms with Crippen LogP contribution in [0.1, 0.15) is 50.5 Å². The lowest BCUT2D eigenvalue weighted by molar-refractivity contribution is 0.0488. The van der Waals surface area contributed by atoms with E-state index in [1.54, 1.807) is 0 Å². The van der Waals surface area contributed by atoms with E-state index < -0.39 is 5.60 Å². The molecule has 2 aliphatic rings. The molecule has 0 bridgehead atoms. The lowest BCUT2D eigenvalue weighted by Gasteiger charge is -2.34. The first-order chi connectivity index (χ1) is 12.3. The van der Waals surface area contributed by atoms with Gasteiger partial charge < -0.3 is 4.74 Å². The quantitative estimate of drug-likeness (QED) is 0.694. The summed E-state index contributed by atoms with van der Waals surface area (Å²) in [5.41, 5.74) is 1.38. The molecule has 0 aromatic heterocycles. The van der Waals surface area contributed by atoms with Crippen molar-refractivity contribution < 1.29 is 4.74 Å². The van der Waals surface area contributed by atoms with Gasteiger partial charge in [0.05, 0.1) is 0 Å². The third kappa shape index (κ3) is 3.02. The zero-order valence-corrected chi connectivity index (χ0v) is 14.1. The molecule has 0 unspecified atom stereocenters. The fourth-order valence-corrected chi connectivity index (χ4v) is 3.89. The number of benzene rings is 1. The topological polar surface area (TPSA) is 80.6 Å². The summed E-state index contributed by atoms with van der Waals surface area (Å²) in [6, 6.07) is 15.7. The first-order valence-electron chi connectivity index (χ1n) is 8.70. The Labute approximate surface area is 148 Å². The van der Waals surface area contributed by atoms with Crippen LogP contribution in [0.25, 0.3) is 5.57 Å². The highest BCUT2D eigenvalue weighted by Gasteiger charge is 2.47. The van der Waals surface area contributed by atoms with E-state index in [2.05, 4.69) is 6.07 Å². The summed E-state index contributed by atoms with van der Waals surface area (Å²) in [5.74, 6) is 0.159. The molecule has 3 rings (SSSR count). The summed E-state index contributed by atoms with van der Waals surface area (Å²) in [6.45, 7) is 0. The van der Waals surface area contributed by atoms with Crippen molar-refractivity contribution in [1.29, 1.82) is 15.8 Å². The van der Waals surface area contributed by atoms with Crippen LogP contribution in [0.2, 0.25) is 0 Å². The molecule has 1 saturated carbocycles. The van der Waals surface area contributed by atoms with Crippen LogP contribution in [0.3, 0.4) is 0 Å². The normalized spacial score (nSPS) is 19.2. The van der Waals surface area contributed by atoms with E-state index in [4.69, 9.17) is 4.74 Å². The van der Waals surface area contributed by atoms with Crippen molar-refractivity contribution in [3.8, 4) is 18.2 Å². The predicted octanol–water partition coefficient (Wildman–Crippen LogP) is 4.78. The number of nitrogens with zero attached hydrogens (tertiary/aromatic N) is 3. The van der Waals surface area contributed by atoms with Gasteiger partial charge in [0.15, 0.2) is 11.3 Å².